The van der Waals surface area contributed by atoms with Gasteiger partial charge in [-0.15, -0.1) is 24.0 Å². The van der Waals surface area contributed by atoms with Crippen molar-refractivity contribution in [2.45, 2.75) is 38.5 Å². The fraction of sp³-hybridized carbons (Fsp3) is 0.632. The minimum atomic E-state index is -0.168. The zero-order valence-corrected chi connectivity index (χ0v) is 19.0. The molecule has 3 N–H and O–H groups in total. The molecule has 7 heteroatoms. The van der Waals surface area contributed by atoms with E-state index < -0.39 is 0 Å². The van der Waals surface area contributed by atoms with Crippen molar-refractivity contribution in [1.29, 1.82) is 0 Å². The van der Waals surface area contributed by atoms with Crippen molar-refractivity contribution in [1.82, 2.24) is 5.32 Å². The predicted molar refractivity (Wildman–Crippen MR) is 119 cm³/mol. The summed E-state index contributed by atoms with van der Waals surface area (Å²) in [5.74, 6) is 1.97. The molecule has 1 aliphatic rings. The van der Waals surface area contributed by atoms with E-state index in [-0.39, 0.29) is 29.4 Å². The quantitative estimate of drug-likeness (QED) is 0.341. The lowest BCUT2D eigenvalue weighted by atomic mass is 9.73. The number of benzene rings is 1. The van der Waals surface area contributed by atoms with Gasteiger partial charge in [-0.1, -0.05) is 25.4 Å². The first-order valence-electron chi connectivity index (χ1n) is 8.92. The molecule has 1 aliphatic heterocycles. The van der Waals surface area contributed by atoms with E-state index in [0.717, 1.165) is 37.1 Å². The lowest BCUT2D eigenvalue weighted by molar-refractivity contribution is 0.0523. The Kier molecular flexibility index (Phi) is 10.0. The fourth-order valence-electron chi connectivity index (χ4n) is 3.15. The Hall–Kier alpha value is -0.730. The van der Waals surface area contributed by atoms with Crippen LogP contribution in [0.4, 0.5) is 0 Å². The smallest absolute Gasteiger partial charge is 0.188 e. The average molecular weight is 496 g/mol. The van der Waals surface area contributed by atoms with Crippen molar-refractivity contribution in [3.8, 4) is 5.75 Å². The van der Waals surface area contributed by atoms with Crippen LogP contribution in [0.3, 0.4) is 0 Å². The van der Waals surface area contributed by atoms with Crippen LogP contribution in [0.15, 0.2) is 23.2 Å². The van der Waals surface area contributed by atoms with Gasteiger partial charge in [-0.3, -0.25) is 4.99 Å². The second-order valence-corrected chi connectivity index (χ2v) is 7.48. The summed E-state index contributed by atoms with van der Waals surface area (Å²) in [6, 6.07) is 5.76. The van der Waals surface area contributed by atoms with Crippen LogP contribution < -0.4 is 15.8 Å². The van der Waals surface area contributed by atoms with Gasteiger partial charge < -0.3 is 20.5 Å². The highest BCUT2D eigenvalue weighted by Crippen LogP contribution is 2.41. The van der Waals surface area contributed by atoms with Gasteiger partial charge in [0.15, 0.2) is 5.96 Å². The second kappa shape index (κ2) is 11.2. The maximum atomic E-state index is 6.26. The van der Waals surface area contributed by atoms with Crippen molar-refractivity contribution < 1.29 is 9.47 Å². The van der Waals surface area contributed by atoms with Gasteiger partial charge in [0.25, 0.3) is 0 Å². The van der Waals surface area contributed by atoms with E-state index in [1.807, 2.05) is 18.2 Å². The van der Waals surface area contributed by atoms with Crippen LogP contribution in [0.5, 0.6) is 5.75 Å². The minimum absolute atomic E-state index is 0. The molecule has 0 saturated carbocycles. The highest BCUT2D eigenvalue weighted by atomic mass is 127. The molecule has 2 rings (SSSR count). The standard InChI is InChI=1S/C19H30ClN3O2.HI/c1-14(2)6-9-22-18(21)23-13-19(7-10-25-11-8-19)16-12-15(20)4-5-17(16)24-3;/h4-5,12,14H,6-11,13H2,1-3H3,(H3,21,22,23);1H. The van der Waals surface area contributed by atoms with Crippen LogP contribution in [0.25, 0.3) is 0 Å². The van der Waals surface area contributed by atoms with Crippen molar-refractivity contribution >= 4 is 41.5 Å². The number of nitrogens with two attached hydrogens (primary N) is 1. The predicted octanol–water partition coefficient (Wildman–Crippen LogP) is 3.97. The van der Waals surface area contributed by atoms with Crippen molar-refractivity contribution in [2.24, 2.45) is 16.6 Å². The van der Waals surface area contributed by atoms with Crippen LogP contribution in [-0.2, 0) is 10.2 Å². The van der Waals surface area contributed by atoms with Gasteiger partial charge in [0.1, 0.15) is 5.75 Å². The molecule has 1 aromatic rings. The Labute approximate surface area is 179 Å². The molecule has 0 amide bonds. The number of aliphatic imine (C=N–C) groups is 1. The zero-order chi connectivity index (χ0) is 18.3. The third kappa shape index (κ3) is 6.46. The fourth-order valence-corrected chi connectivity index (χ4v) is 3.32. The molecule has 0 aromatic heterocycles. The number of methoxy groups -OCH3 is 1. The summed E-state index contributed by atoms with van der Waals surface area (Å²) in [7, 11) is 1.69. The monoisotopic (exact) mass is 495 g/mol. The minimum Gasteiger partial charge on any atom is -0.496 e. The third-order valence-corrected chi connectivity index (χ3v) is 5.00. The van der Waals surface area contributed by atoms with Crippen LogP contribution in [0, 0.1) is 5.92 Å². The lowest BCUT2D eigenvalue weighted by Crippen LogP contribution is -2.39. The summed E-state index contributed by atoms with van der Waals surface area (Å²) in [6.45, 7) is 7.21. The van der Waals surface area contributed by atoms with Crippen LogP contribution in [-0.4, -0.2) is 39.4 Å². The number of nitrogens with zero attached hydrogens (tertiary/aromatic N) is 1. The second-order valence-electron chi connectivity index (χ2n) is 7.05. The van der Waals surface area contributed by atoms with Gasteiger partial charge in [0, 0.05) is 35.8 Å². The van der Waals surface area contributed by atoms with Crippen LogP contribution >= 0.6 is 35.6 Å². The molecule has 1 heterocycles. The maximum Gasteiger partial charge on any atom is 0.188 e. The van der Waals surface area contributed by atoms with Gasteiger partial charge in [0.2, 0.25) is 0 Å². The Balaban J connectivity index is 0.00000338. The summed E-state index contributed by atoms with van der Waals surface area (Å²) in [4.78, 5) is 4.63. The van der Waals surface area contributed by atoms with E-state index in [2.05, 4.69) is 24.2 Å². The van der Waals surface area contributed by atoms with E-state index in [4.69, 9.17) is 26.8 Å². The lowest BCUT2D eigenvalue weighted by Gasteiger charge is -2.37. The van der Waals surface area contributed by atoms with Crippen molar-refractivity contribution in [2.75, 3.05) is 33.4 Å². The first-order chi connectivity index (χ1) is 12.0. The SMILES string of the molecule is COc1ccc(Cl)cc1C1(CN=C(N)NCCC(C)C)CCOCC1.I. The highest BCUT2D eigenvalue weighted by molar-refractivity contribution is 14.0. The summed E-state index contributed by atoms with van der Waals surface area (Å²) in [5, 5.41) is 3.90. The van der Waals surface area contributed by atoms with Gasteiger partial charge >= 0.3 is 0 Å². The van der Waals surface area contributed by atoms with E-state index in [1.165, 1.54) is 0 Å². The van der Waals surface area contributed by atoms with E-state index >= 15 is 0 Å². The molecule has 1 saturated heterocycles. The van der Waals surface area contributed by atoms with Crippen molar-refractivity contribution in [3.63, 3.8) is 0 Å². The number of ether oxygens (including phenoxy) is 2. The average Bonchev–Trinajstić information content (AvgIpc) is 2.60. The number of hydrogen-bond donors (Lipinski definition) is 2. The Morgan fingerprint density at radius 3 is 2.69 bits per heavy atom. The van der Waals surface area contributed by atoms with Gasteiger partial charge in [-0.25, -0.2) is 0 Å². The number of guanidine groups is 1. The molecule has 1 fully saturated rings. The molecular formula is C19H31ClIN3O2. The number of rotatable bonds is 7. The molecule has 0 spiro atoms. The molecule has 0 aliphatic carbocycles. The van der Waals surface area contributed by atoms with Crippen LogP contribution in [0.1, 0.15) is 38.7 Å². The first kappa shape index (κ1) is 23.3. The molecule has 148 valence electrons. The highest BCUT2D eigenvalue weighted by Gasteiger charge is 2.37. The van der Waals surface area contributed by atoms with Crippen molar-refractivity contribution in [3.05, 3.63) is 28.8 Å². The molecule has 5 nitrogen and oxygen atoms in total. The molecule has 0 bridgehead atoms. The molecular weight excluding hydrogens is 465 g/mol. The van der Waals surface area contributed by atoms with Crippen LogP contribution in [0.2, 0.25) is 5.02 Å². The molecule has 0 unspecified atom stereocenters. The zero-order valence-electron chi connectivity index (χ0n) is 15.9. The Bertz CT molecular complexity index is 590. The largest absolute Gasteiger partial charge is 0.496 e. The molecule has 0 atom stereocenters. The first-order valence-corrected chi connectivity index (χ1v) is 9.30. The number of hydrogen-bond acceptors (Lipinski definition) is 3. The molecule has 26 heavy (non-hydrogen) atoms. The maximum absolute atomic E-state index is 6.26. The summed E-state index contributed by atoms with van der Waals surface area (Å²) >= 11 is 6.26. The Morgan fingerprint density at radius 2 is 2.08 bits per heavy atom. The number of halogens is 2. The van der Waals surface area contributed by atoms with Gasteiger partial charge in [-0.05, 0) is 43.4 Å². The third-order valence-electron chi connectivity index (χ3n) is 4.76. The number of nitrogens with one attached hydrogen (secondary N) is 1. The van der Waals surface area contributed by atoms with Gasteiger partial charge in [0.05, 0.1) is 13.7 Å². The molecule has 0 radical (unpaired) electrons. The normalized spacial score (nSPS) is 16.9. The van der Waals surface area contributed by atoms with E-state index in [1.54, 1.807) is 7.11 Å². The van der Waals surface area contributed by atoms with E-state index in [0.29, 0.717) is 36.7 Å². The topological polar surface area (TPSA) is 68.9 Å². The van der Waals surface area contributed by atoms with Gasteiger partial charge in [-0.2, -0.15) is 0 Å². The summed E-state index contributed by atoms with van der Waals surface area (Å²) in [5.41, 5.74) is 6.98. The summed E-state index contributed by atoms with van der Waals surface area (Å²) in [6.07, 6.45) is 2.80. The Morgan fingerprint density at radius 1 is 1.38 bits per heavy atom. The molecule has 1 aromatic carbocycles. The van der Waals surface area contributed by atoms with E-state index in [9.17, 15) is 0 Å². The summed E-state index contributed by atoms with van der Waals surface area (Å²) < 4.78 is 11.2.